The molecule has 0 aliphatic carbocycles. The monoisotopic (exact) mass is 232 g/mol. The predicted octanol–water partition coefficient (Wildman–Crippen LogP) is -0.0362. The van der Waals surface area contributed by atoms with Crippen LogP contribution in [0.15, 0.2) is 29.6 Å². The Balaban J connectivity index is 1.88. The fraction of sp³-hybridized carbons (Fsp3) is 0.273. The van der Waals surface area contributed by atoms with Crippen molar-refractivity contribution in [2.75, 3.05) is 0 Å². The van der Waals surface area contributed by atoms with Crippen LogP contribution in [0, 0.1) is 0 Å². The lowest BCUT2D eigenvalue weighted by molar-refractivity contribution is -0.121. The van der Waals surface area contributed by atoms with E-state index in [1.807, 2.05) is 12.1 Å². The van der Waals surface area contributed by atoms with Gasteiger partial charge in [-0.1, -0.05) is 0 Å². The van der Waals surface area contributed by atoms with Gasteiger partial charge in [0.15, 0.2) is 0 Å². The van der Waals surface area contributed by atoms with Crippen LogP contribution in [0.25, 0.3) is 0 Å². The number of carbonyl (C=O) groups is 2. The highest BCUT2D eigenvalue weighted by molar-refractivity contribution is 6.39. The van der Waals surface area contributed by atoms with Crippen LogP contribution in [0.5, 0.6) is 0 Å². The molecule has 1 aromatic heterocycles. The maximum Gasteiger partial charge on any atom is 0.267 e. The quantitative estimate of drug-likeness (QED) is 0.767. The normalized spacial score (nSPS) is 14.8. The van der Waals surface area contributed by atoms with Crippen molar-refractivity contribution < 1.29 is 9.59 Å². The molecule has 0 fully saturated rings. The van der Waals surface area contributed by atoms with E-state index in [0.29, 0.717) is 25.1 Å². The van der Waals surface area contributed by atoms with Crippen molar-refractivity contribution in [2.24, 2.45) is 5.10 Å². The fourth-order valence-corrected chi connectivity index (χ4v) is 1.42. The van der Waals surface area contributed by atoms with Gasteiger partial charge >= 0.3 is 0 Å². The van der Waals surface area contributed by atoms with Crippen LogP contribution < -0.4 is 10.7 Å². The van der Waals surface area contributed by atoms with Crippen molar-refractivity contribution in [3.8, 4) is 0 Å². The average Bonchev–Trinajstić information content (AvgIpc) is 2.38. The van der Waals surface area contributed by atoms with Gasteiger partial charge in [-0.15, -0.1) is 0 Å². The molecular weight excluding hydrogens is 220 g/mol. The molecule has 2 heterocycles. The topological polar surface area (TPSA) is 83.5 Å². The SMILES string of the molecule is O=C1CCC(C(=O)NCc2ccncc2)=NN1. The van der Waals surface area contributed by atoms with Crippen LogP contribution in [0.2, 0.25) is 0 Å². The van der Waals surface area contributed by atoms with E-state index in [1.54, 1.807) is 12.4 Å². The number of pyridine rings is 1. The van der Waals surface area contributed by atoms with Crippen LogP contribution in [0.4, 0.5) is 0 Å². The zero-order valence-corrected chi connectivity index (χ0v) is 9.14. The molecule has 0 spiro atoms. The summed E-state index contributed by atoms with van der Waals surface area (Å²) in [6.07, 6.45) is 4.02. The molecule has 17 heavy (non-hydrogen) atoms. The number of nitrogens with one attached hydrogen (secondary N) is 2. The number of hydrogen-bond donors (Lipinski definition) is 2. The van der Waals surface area contributed by atoms with Crippen molar-refractivity contribution in [2.45, 2.75) is 19.4 Å². The minimum Gasteiger partial charge on any atom is -0.347 e. The summed E-state index contributed by atoms with van der Waals surface area (Å²) in [7, 11) is 0. The van der Waals surface area contributed by atoms with Gasteiger partial charge in [0.05, 0.1) is 0 Å². The maximum absolute atomic E-state index is 11.7. The van der Waals surface area contributed by atoms with Gasteiger partial charge in [0.25, 0.3) is 5.91 Å². The predicted molar refractivity (Wildman–Crippen MR) is 60.9 cm³/mol. The highest BCUT2D eigenvalue weighted by atomic mass is 16.2. The third kappa shape index (κ3) is 3.10. The van der Waals surface area contributed by atoms with Gasteiger partial charge in [0.1, 0.15) is 5.71 Å². The first-order chi connectivity index (χ1) is 8.25. The third-order valence-corrected chi connectivity index (χ3v) is 2.37. The zero-order chi connectivity index (χ0) is 12.1. The van der Waals surface area contributed by atoms with Gasteiger partial charge in [-0.05, 0) is 17.7 Å². The summed E-state index contributed by atoms with van der Waals surface area (Å²) in [4.78, 5) is 26.4. The van der Waals surface area contributed by atoms with E-state index in [9.17, 15) is 9.59 Å². The van der Waals surface area contributed by atoms with Crippen molar-refractivity contribution in [1.82, 2.24) is 15.7 Å². The Morgan fingerprint density at radius 2 is 2.12 bits per heavy atom. The summed E-state index contributed by atoms with van der Waals surface area (Å²) in [5.41, 5.74) is 3.62. The highest BCUT2D eigenvalue weighted by Gasteiger charge is 2.17. The second-order valence-corrected chi connectivity index (χ2v) is 3.63. The van der Waals surface area contributed by atoms with Gasteiger partial charge in [0.2, 0.25) is 5.91 Å². The Bertz CT molecular complexity index is 456. The van der Waals surface area contributed by atoms with Crippen molar-refractivity contribution >= 4 is 17.5 Å². The molecule has 0 aromatic carbocycles. The molecule has 6 nitrogen and oxygen atoms in total. The van der Waals surface area contributed by atoms with E-state index in [-0.39, 0.29) is 11.8 Å². The number of nitrogens with zero attached hydrogens (tertiary/aromatic N) is 2. The van der Waals surface area contributed by atoms with Crippen molar-refractivity contribution in [1.29, 1.82) is 0 Å². The van der Waals surface area contributed by atoms with Crippen LogP contribution in [-0.4, -0.2) is 22.5 Å². The van der Waals surface area contributed by atoms with E-state index in [2.05, 4.69) is 20.8 Å². The number of hydrazone groups is 1. The molecule has 88 valence electrons. The number of aromatic nitrogens is 1. The van der Waals surface area contributed by atoms with Gasteiger partial charge in [-0.3, -0.25) is 14.6 Å². The Morgan fingerprint density at radius 3 is 2.76 bits per heavy atom. The van der Waals surface area contributed by atoms with Crippen molar-refractivity contribution in [3.05, 3.63) is 30.1 Å². The molecule has 0 atom stereocenters. The molecule has 2 N–H and O–H groups in total. The van der Waals surface area contributed by atoms with E-state index in [4.69, 9.17) is 0 Å². The standard InChI is InChI=1S/C11H12N4O2/c16-10-2-1-9(14-15-10)11(17)13-7-8-3-5-12-6-4-8/h3-6H,1-2,7H2,(H,13,17)(H,15,16). The Morgan fingerprint density at radius 1 is 1.35 bits per heavy atom. The minimum atomic E-state index is -0.248. The second-order valence-electron chi connectivity index (χ2n) is 3.63. The first-order valence-electron chi connectivity index (χ1n) is 5.28. The fourth-order valence-electron chi connectivity index (χ4n) is 1.42. The first kappa shape index (κ1) is 11.3. The van der Waals surface area contributed by atoms with Gasteiger partial charge in [-0.2, -0.15) is 5.10 Å². The lowest BCUT2D eigenvalue weighted by Gasteiger charge is -2.11. The van der Waals surface area contributed by atoms with Crippen molar-refractivity contribution in [3.63, 3.8) is 0 Å². The number of amides is 2. The van der Waals surface area contributed by atoms with E-state index in [0.717, 1.165) is 5.56 Å². The highest BCUT2D eigenvalue weighted by Crippen LogP contribution is 2.00. The third-order valence-electron chi connectivity index (χ3n) is 2.37. The summed E-state index contributed by atoms with van der Waals surface area (Å²) >= 11 is 0. The lowest BCUT2D eigenvalue weighted by atomic mass is 10.1. The minimum absolute atomic E-state index is 0.157. The summed E-state index contributed by atoms with van der Waals surface area (Å²) in [6, 6.07) is 3.65. The molecule has 2 amide bonds. The Kier molecular flexibility index (Phi) is 3.44. The average molecular weight is 232 g/mol. The van der Waals surface area contributed by atoms with Crippen LogP contribution >= 0.6 is 0 Å². The zero-order valence-electron chi connectivity index (χ0n) is 9.14. The summed E-state index contributed by atoms with van der Waals surface area (Å²) < 4.78 is 0. The molecular formula is C11H12N4O2. The molecule has 0 saturated heterocycles. The van der Waals surface area contributed by atoms with E-state index in [1.165, 1.54) is 0 Å². The molecule has 6 heteroatoms. The molecule has 0 radical (unpaired) electrons. The van der Waals surface area contributed by atoms with Crippen LogP contribution in [-0.2, 0) is 16.1 Å². The van der Waals surface area contributed by atoms with Crippen LogP contribution in [0.1, 0.15) is 18.4 Å². The second kappa shape index (κ2) is 5.20. The van der Waals surface area contributed by atoms with Gasteiger partial charge in [-0.25, -0.2) is 5.43 Å². The molecule has 0 bridgehead atoms. The molecule has 1 aliphatic rings. The first-order valence-corrected chi connectivity index (χ1v) is 5.28. The van der Waals surface area contributed by atoms with Crippen LogP contribution in [0.3, 0.4) is 0 Å². The molecule has 2 rings (SSSR count). The molecule has 1 aliphatic heterocycles. The molecule has 0 unspecified atom stereocenters. The molecule has 0 saturated carbocycles. The smallest absolute Gasteiger partial charge is 0.267 e. The van der Waals surface area contributed by atoms with Gasteiger partial charge in [0, 0.05) is 31.8 Å². The number of rotatable bonds is 3. The van der Waals surface area contributed by atoms with Gasteiger partial charge < -0.3 is 5.32 Å². The molecule has 1 aromatic rings. The summed E-state index contributed by atoms with van der Waals surface area (Å²) in [6.45, 7) is 0.425. The summed E-state index contributed by atoms with van der Waals surface area (Å²) in [5.74, 6) is -0.405. The maximum atomic E-state index is 11.7. The Labute approximate surface area is 98.1 Å². The van der Waals surface area contributed by atoms with E-state index >= 15 is 0 Å². The Hall–Kier alpha value is -2.24. The largest absolute Gasteiger partial charge is 0.347 e. The summed E-state index contributed by atoms with van der Waals surface area (Å²) in [5, 5.41) is 6.45. The lowest BCUT2D eigenvalue weighted by Crippen LogP contribution is -2.36. The van der Waals surface area contributed by atoms with E-state index < -0.39 is 0 Å². The number of hydrogen-bond acceptors (Lipinski definition) is 4. The number of carbonyl (C=O) groups excluding carboxylic acids is 2.